The molecule has 2 aliphatic rings. The molecule has 4 rings (SSSR count). The number of carbonyl (C=O) groups excluding carboxylic acids is 2. The third kappa shape index (κ3) is 4.11. The topological polar surface area (TPSA) is 73.9 Å². The Morgan fingerprint density at radius 1 is 0.970 bits per heavy atom. The molecule has 1 heterocycles. The maximum atomic E-state index is 13.6. The average Bonchev–Trinajstić information content (AvgIpc) is 2.82. The van der Waals surface area contributed by atoms with Crippen LogP contribution < -0.4 is 14.8 Å². The largest absolute Gasteiger partial charge is 0.493 e. The van der Waals surface area contributed by atoms with Crippen LogP contribution in [0.4, 0.5) is 4.39 Å². The molecule has 0 fully saturated rings. The number of ketones is 1. The van der Waals surface area contributed by atoms with E-state index < -0.39 is 11.9 Å². The van der Waals surface area contributed by atoms with E-state index in [1.54, 1.807) is 33.3 Å². The first-order valence-electron chi connectivity index (χ1n) is 10.7. The molecule has 0 bridgehead atoms. The minimum atomic E-state index is -0.617. The highest BCUT2D eigenvalue weighted by Gasteiger charge is 2.41. The fourth-order valence-electron chi connectivity index (χ4n) is 4.75. The number of hydrogen-bond donors (Lipinski definition) is 1. The van der Waals surface area contributed by atoms with Gasteiger partial charge < -0.3 is 19.5 Å². The number of Topliss-reactive ketones (excluding diaryl/α,β-unsaturated/α-hetero) is 1. The van der Waals surface area contributed by atoms with Gasteiger partial charge in [-0.3, -0.25) is 4.79 Å². The smallest absolute Gasteiger partial charge is 0.336 e. The van der Waals surface area contributed by atoms with E-state index in [0.717, 1.165) is 11.3 Å². The lowest BCUT2D eigenvalue weighted by Crippen LogP contribution is -2.36. The normalized spacial score (nSPS) is 20.2. The maximum Gasteiger partial charge on any atom is 0.336 e. The van der Waals surface area contributed by atoms with Gasteiger partial charge in [-0.25, -0.2) is 9.18 Å². The van der Waals surface area contributed by atoms with Crippen molar-refractivity contribution in [2.24, 2.45) is 0 Å². The van der Waals surface area contributed by atoms with E-state index in [4.69, 9.17) is 14.2 Å². The van der Waals surface area contributed by atoms with Crippen LogP contribution in [0.3, 0.4) is 0 Å². The van der Waals surface area contributed by atoms with Crippen LogP contribution >= 0.6 is 0 Å². The number of nitrogens with one attached hydrogen (secondary N) is 1. The number of hydrogen-bond acceptors (Lipinski definition) is 6. The lowest BCUT2D eigenvalue weighted by Gasteiger charge is -2.36. The number of benzene rings is 2. The monoisotopic (exact) mass is 451 g/mol. The van der Waals surface area contributed by atoms with Gasteiger partial charge in [0.2, 0.25) is 0 Å². The summed E-state index contributed by atoms with van der Waals surface area (Å²) in [5.74, 6) is -0.421. The first kappa shape index (κ1) is 22.6. The van der Waals surface area contributed by atoms with E-state index in [0.29, 0.717) is 40.3 Å². The summed E-state index contributed by atoms with van der Waals surface area (Å²) in [7, 11) is 4.46. The van der Waals surface area contributed by atoms with Gasteiger partial charge in [0.1, 0.15) is 5.82 Å². The molecule has 2 aromatic rings. The molecule has 0 spiro atoms. The van der Waals surface area contributed by atoms with Gasteiger partial charge in [-0.05, 0) is 54.7 Å². The van der Waals surface area contributed by atoms with E-state index in [-0.39, 0.29) is 23.9 Å². The Morgan fingerprint density at radius 3 is 2.27 bits per heavy atom. The van der Waals surface area contributed by atoms with Gasteiger partial charge in [-0.15, -0.1) is 0 Å². The SMILES string of the molecule is COC(=O)C1=C(C)NC2=C(C(=O)C[C@@H](c3ccc(OC)c(OC)c3)C2)[C@@H]1c1ccc(F)cc1. The van der Waals surface area contributed by atoms with Gasteiger partial charge in [-0.1, -0.05) is 18.2 Å². The fourth-order valence-corrected chi connectivity index (χ4v) is 4.75. The van der Waals surface area contributed by atoms with E-state index in [9.17, 15) is 14.0 Å². The Kier molecular flexibility index (Phi) is 6.22. The number of dihydropyridines is 1. The second kappa shape index (κ2) is 9.10. The molecular weight excluding hydrogens is 425 g/mol. The van der Waals surface area contributed by atoms with Gasteiger partial charge >= 0.3 is 5.97 Å². The van der Waals surface area contributed by atoms with E-state index in [1.165, 1.54) is 19.2 Å². The highest BCUT2D eigenvalue weighted by atomic mass is 19.1. The number of carbonyl (C=O) groups is 2. The zero-order valence-corrected chi connectivity index (χ0v) is 19.0. The molecule has 0 amide bonds. The van der Waals surface area contributed by atoms with Gasteiger partial charge in [-0.2, -0.15) is 0 Å². The Labute approximate surface area is 192 Å². The van der Waals surface area contributed by atoms with Crippen molar-refractivity contribution in [1.82, 2.24) is 5.32 Å². The van der Waals surface area contributed by atoms with Crippen molar-refractivity contribution in [3.05, 3.63) is 81.9 Å². The zero-order chi connectivity index (χ0) is 23.7. The van der Waals surface area contributed by atoms with Crippen LogP contribution in [0.1, 0.15) is 42.7 Å². The summed E-state index contributed by atoms with van der Waals surface area (Å²) in [6.45, 7) is 1.79. The van der Waals surface area contributed by atoms with E-state index in [2.05, 4.69) is 5.32 Å². The third-order valence-corrected chi connectivity index (χ3v) is 6.32. The molecule has 0 saturated heterocycles. The van der Waals surface area contributed by atoms with Crippen LogP contribution in [-0.2, 0) is 14.3 Å². The van der Waals surface area contributed by atoms with Crippen molar-refractivity contribution in [2.75, 3.05) is 21.3 Å². The van der Waals surface area contributed by atoms with Gasteiger partial charge in [0, 0.05) is 29.3 Å². The van der Waals surface area contributed by atoms with Crippen LogP contribution in [0.25, 0.3) is 0 Å². The highest BCUT2D eigenvalue weighted by Crippen LogP contribution is 2.46. The van der Waals surface area contributed by atoms with Crippen molar-refractivity contribution < 1.29 is 28.2 Å². The summed E-state index contributed by atoms with van der Waals surface area (Å²) in [5.41, 5.74) is 3.92. The number of ether oxygens (including phenoxy) is 3. The number of methoxy groups -OCH3 is 3. The van der Waals surface area contributed by atoms with Crippen LogP contribution in [0, 0.1) is 5.82 Å². The molecule has 33 heavy (non-hydrogen) atoms. The minimum absolute atomic E-state index is 0.0632. The summed E-state index contributed by atoms with van der Waals surface area (Å²) in [6.07, 6.45) is 0.862. The maximum absolute atomic E-state index is 13.6. The highest BCUT2D eigenvalue weighted by molar-refractivity contribution is 6.04. The standard InChI is InChI=1S/C26H26FNO5/c1-14-23(26(30)33-4)24(15-5-8-18(27)9-6-15)25-19(28-14)11-17(12-20(25)29)16-7-10-21(31-2)22(13-16)32-3/h5-10,13,17,24,28H,11-12H2,1-4H3/t17-,24+/m0/s1. The van der Waals surface area contributed by atoms with Gasteiger partial charge in [0.05, 0.1) is 26.9 Å². The van der Waals surface area contributed by atoms with Crippen LogP contribution in [-0.4, -0.2) is 33.1 Å². The number of esters is 1. The summed E-state index contributed by atoms with van der Waals surface area (Å²) >= 11 is 0. The van der Waals surface area contributed by atoms with Crippen molar-refractivity contribution >= 4 is 11.8 Å². The summed E-state index contributed by atoms with van der Waals surface area (Å²) < 4.78 is 29.4. The number of rotatable bonds is 5. The quantitative estimate of drug-likeness (QED) is 0.681. The summed E-state index contributed by atoms with van der Waals surface area (Å²) in [6, 6.07) is 11.6. The van der Waals surface area contributed by atoms with Gasteiger partial charge in [0.25, 0.3) is 0 Å². The molecule has 7 heteroatoms. The first-order valence-corrected chi connectivity index (χ1v) is 10.7. The fraction of sp³-hybridized carbons (Fsp3) is 0.308. The van der Waals surface area contributed by atoms with E-state index >= 15 is 0 Å². The van der Waals surface area contributed by atoms with Gasteiger partial charge in [0.15, 0.2) is 17.3 Å². The predicted octanol–water partition coefficient (Wildman–Crippen LogP) is 4.38. The molecule has 0 aromatic heterocycles. The Balaban J connectivity index is 1.77. The second-order valence-corrected chi connectivity index (χ2v) is 8.17. The van der Waals surface area contributed by atoms with Crippen LogP contribution in [0.15, 0.2) is 65.0 Å². The number of allylic oxidation sites excluding steroid dienone is 3. The Morgan fingerprint density at radius 2 is 1.64 bits per heavy atom. The molecule has 2 aromatic carbocycles. The van der Waals surface area contributed by atoms with Crippen molar-refractivity contribution in [1.29, 1.82) is 0 Å². The summed E-state index contributed by atoms with van der Waals surface area (Å²) in [4.78, 5) is 26.2. The predicted molar refractivity (Wildman–Crippen MR) is 121 cm³/mol. The molecule has 6 nitrogen and oxygen atoms in total. The molecule has 0 radical (unpaired) electrons. The zero-order valence-electron chi connectivity index (χ0n) is 19.0. The van der Waals surface area contributed by atoms with E-state index in [1.807, 2.05) is 18.2 Å². The number of halogens is 1. The summed E-state index contributed by atoms with van der Waals surface area (Å²) in [5, 5.41) is 3.28. The molecule has 2 atom stereocenters. The Bertz CT molecular complexity index is 1170. The molecule has 0 unspecified atom stereocenters. The van der Waals surface area contributed by atoms with Crippen LogP contribution in [0.5, 0.6) is 11.5 Å². The molecular formula is C26H26FNO5. The van der Waals surface area contributed by atoms with Crippen molar-refractivity contribution in [3.8, 4) is 11.5 Å². The van der Waals surface area contributed by atoms with Crippen molar-refractivity contribution in [3.63, 3.8) is 0 Å². The molecule has 1 N–H and O–H groups in total. The molecule has 172 valence electrons. The second-order valence-electron chi connectivity index (χ2n) is 8.17. The molecule has 1 aliphatic carbocycles. The lowest BCUT2D eigenvalue weighted by molar-refractivity contribution is -0.136. The first-order chi connectivity index (χ1) is 15.9. The molecule has 0 saturated carbocycles. The third-order valence-electron chi connectivity index (χ3n) is 6.32. The lowest BCUT2D eigenvalue weighted by atomic mass is 9.71. The molecule has 1 aliphatic heterocycles. The van der Waals surface area contributed by atoms with Crippen LogP contribution in [0.2, 0.25) is 0 Å². The van der Waals surface area contributed by atoms with Crippen molar-refractivity contribution in [2.45, 2.75) is 31.6 Å². The average molecular weight is 451 g/mol. The minimum Gasteiger partial charge on any atom is -0.493 e. The Hall–Kier alpha value is -3.61.